The minimum Gasteiger partial charge on any atom is -0.476 e. The van der Waals surface area contributed by atoms with Crippen LogP contribution < -0.4 is 5.32 Å². The fourth-order valence-electron chi connectivity index (χ4n) is 3.39. The number of rotatable bonds is 5. The molecule has 2 N–H and O–H groups in total. The van der Waals surface area contributed by atoms with Crippen LogP contribution in [0.5, 0.6) is 0 Å². The molecule has 0 radical (unpaired) electrons. The van der Waals surface area contributed by atoms with Gasteiger partial charge in [0.25, 0.3) is 0 Å². The summed E-state index contributed by atoms with van der Waals surface area (Å²) < 4.78 is 13.3. The predicted molar refractivity (Wildman–Crippen MR) is 92.1 cm³/mol. The highest BCUT2D eigenvalue weighted by atomic mass is 32.1. The molecule has 0 aliphatic heterocycles. The van der Waals surface area contributed by atoms with E-state index in [9.17, 15) is 14.0 Å². The lowest BCUT2D eigenvalue weighted by Crippen LogP contribution is -2.45. The number of carbonyl (C=O) groups excluding carboxylic acids is 1. The van der Waals surface area contributed by atoms with E-state index in [1.54, 1.807) is 12.1 Å². The summed E-state index contributed by atoms with van der Waals surface area (Å²) in [5.41, 5.74) is 0.162. The van der Waals surface area contributed by atoms with Crippen LogP contribution in [-0.4, -0.2) is 22.0 Å². The van der Waals surface area contributed by atoms with Crippen LogP contribution in [0, 0.1) is 5.82 Å². The molecular formula is C18H19FN2O3S. The first-order valence-electron chi connectivity index (χ1n) is 8.23. The average molecular weight is 362 g/mol. The second-order valence-corrected chi connectivity index (χ2v) is 7.21. The molecule has 1 aromatic heterocycles. The van der Waals surface area contributed by atoms with Gasteiger partial charge in [-0.05, 0) is 30.5 Å². The number of nitrogens with one attached hydrogen (secondary N) is 1. The average Bonchev–Trinajstić information content (AvgIpc) is 3.10. The van der Waals surface area contributed by atoms with E-state index in [1.165, 1.54) is 28.8 Å². The van der Waals surface area contributed by atoms with E-state index in [0.717, 1.165) is 37.7 Å². The van der Waals surface area contributed by atoms with E-state index >= 15 is 0 Å². The molecule has 1 saturated carbocycles. The first kappa shape index (κ1) is 17.5. The summed E-state index contributed by atoms with van der Waals surface area (Å²) >= 11 is 1.21. The SMILES string of the molecule is O=C(O)c1csc(CNC(=O)C2(c3ccc(F)cc3)CCCCC2)n1. The number of benzene rings is 1. The fourth-order valence-corrected chi connectivity index (χ4v) is 4.09. The highest BCUT2D eigenvalue weighted by molar-refractivity contribution is 7.09. The largest absolute Gasteiger partial charge is 0.476 e. The van der Waals surface area contributed by atoms with Crippen LogP contribution in [0.15, 0.2) is 29.6 Å². The number of hydrogen-bond donors (Lipinski definition) is 2. The molecule has 3 rings (SSSR count). The first-order chi connectivity index (χ1) is 12.0. The van der Waals surface area contributed by atoms with Gasteiger partial charge in [0.1, 0.15) is 10.8 Å². The molecule has 1 heterocycles. The second-order valence-electron chi connectivity index (χ2n) is 6.26. The summed E-state index contributed by atoms with van der Waals surface area (Å²) in [4.78, 5) is 27.9. The van der Waals surface area contributed by atoms with Crippen LogP contribution in [0.4, 0.5) is 4.39 Å². The summed E-state index contributed by atoms with van der Waals surface area (Å²) in [6, 6.07) is 6.15. The maximum atomic E-state index is 13.3. The summed E-state index contributed by atoms with van der Waals surface area (Å²) in [6.45, 7) is 0.194. The molecule has 7 heteroatoms. The number of hydrogen-bond acceptors (Lipinski definition) is 4. The molecule has 2 aromatic rings. The van der Waals surface area contributed by atoms with Gasteiger partial charge in [-0.2, -0.15) is 0 Å². The first-order valence-corrected chi connectivity index (χ1v) is 9.11. The molecule has 0 bridgehead atoms. The topological polar surface area (TPSA) is 79.3 Å². The lowest BCUT2D eigenvalue weighted by Gasteiger charge is -2.36. The Morgan fingerprint density at radius 2 is 1.88 bits per heavy atom. The number of thiazole rings is 1. The Hall–Kier alpha value is -2.28. The molecule has 1 fully saturated rings. The monoisotopic (exact) mass is 362 g/mol. The molecule has 0 spiro atoms. The van der Waals surface area contributed by atoms with Crippen molar-refractivity contribution in [2.75, 3.05) is 0 Å². The zero-order chi connectivity index (χ0) is 17.9. The van der Waals surface area contributed by atoms with E-state index in [1.807, 2.05) is 0 Å². The smallest absolute Gasteiger partial charge is 0.355 e. The Balaban J connectivity index is 1.77. The standard InChI is InChI=1S/C18H19FN2O3S/c19-13-6-4-12(5-7-13)18(8-2-1-3-9-18)17(24)20-10-15-21-14(11-25-15)16(22)23/h4-7,11H,1-3,8-10H2,(H,20,24)(H,22,23). The van der Waals surface area contributed by atoms with Crippen molar-refractivity contribution in [3.05, 3.63) is 51.7 Å². The van der Waals surface area contributed by atoms with Gasteiger partial charge in [-0.25, -0.2) is 14.2 Å². The van der Waals surface area contributed by atoms with Crippen LogP contribution in [-0.2, 0) is 16.8 Å². The molecule has 1 aromatic carbocycles. The van der Waals surface area contributed by atoms with E-state index in [-0.39, 0.29) is 24.0 Å². The molecule has 5 nitrogen and oxygen atoms in total. The van der Waals surface area contributed by atoms with Crippen LogP contribution in [0.2, 0.25) is 0 Å². The lowest BCUT2D eigenvalue weighted by molar-refractivity contribution is -0.128. The van der Waals surface area contributed by atoms with Crippen molar-refractivity contribution in [2.45, 2.75) is 44.1 Å². The van der Waals surface area contributed by atoms with Crippen molar-refractivity contribution in [3.8, 4) is 0 Å². The maximum absolute atomic E-state index is 13.3. The van der Waals surface area contributed by atoms with Gasteiger partial charge in [0.15, 0.2) is 5.69 Å². The van der Waals surface area contributed by atoms with E-state index in [4.69, 9.17) is 5.11 Å². The van der Waals surface area contributed by atoms with Gasteiger partial charge in [0.05, 0.1) is 12.0 Å². The number of halogens is 1. The lowest BCUT2D eigenvalue weighted by atomic mass is 9.68. The molecule has 1 aliphatic carbocycles. The van der Waals surface area contributed by atoms with Crippen molar-refractivity contribution < 1.29 is 19.1 Å². The van der Waals surface area contributed by atoms with E-state index < -0.39 is 11.4 Å². The Bertz CT molecular complexity index is 767. The summed E-state index contributed by atoms with van der Waals surface area (Å²) in [5, 5.41) is 13.8. The quantitative estimate of drug-likeness (QED) is 0.853. The van der Waals surface area contributed by atoms with Crippen molar-refractivity contribution in [3.63, 3.8) is 0 Å². The number of carbonyl (C=O) groups is 2. The molecule has 25 heavy (non-hydrogen) atoms. The van der Waals surface area contributed by atoms with E-state index in [0.29, 0.717) is 5.01 Å². The number of carboxylic acid groups (broad SMARTS) is 1. The number of aromatic carboxylic acids is 1. The highest BCUT2D eigenvalue weighted by Crippen LogP contribution is 2.39. The van der Waals surface area contributed by atoms with Crippen molar-refractivity contribution in [1.82, 2.24) is 10.3 Å². The Morgan fingerprint density at radius 3 is 2.48 bits per heavy atom. The highest BCUT2D eigenvalue weighted by Gasteiger charge is 2.41. The summed E-state index contributed by atoms with van der Waals surface area (Å²) in [7, 11) is 0. The van der Waals surface area contributed by atoms with Gasteiger partial charge in [0, 0.05) is 5.38 Å². The molecule has 0 unspecified atom stereocenters. The number of nitrogens with zero attached hydrogens (tertiary/aromatic N) is 1. The van der Waals surface area contributed by atoms with Gasteiger partial charge in [0.2, 0.25) is 5.91 Å². The zero-order valence-corrected chi connectivity index (χ0v) is 14.4. The molecule has 0 saturated heterocycles. The normalized spacial score (nSPS) is 16.4. The van der Waals surface area contributed by atoms with Gasteiger partial charge < -0.3 is 10.4 Å². The minimum absolute atomic E-state index is 0.0137. The summed E-state index contributed by atoms with van der Waals surface area (Å²) in [5.74, 6) is -1.51. The number of carboxylic acids is 1. The fraction of sp³-hybridized carbons (Fsp3) is 0.389. The Labute approximate surface area is 148 Å². The van der Waals surface area contributed by atoms with Crippen LogP contribution in [0.3, 0.4) is 0 Å². The van der Waals surface area contributed by atoms with Crippen LogP contribution in [0.1, 0.15) is 53.2 Å². The third-order valence-electron chi connectivity index (χ3n) is 4.71. The molecule has 0 atom stereocenters. The molecular weight excluding hydrogens is 343 g/mol. The minimum atomic E-state index is -1.08. The predicted octanol–water partition coefficient (Wildman–Crippen LogP) is 3.50. The van der Waals surface area contributed by atoms with Gasteiger partial charge in [-0.3, -0.25) is 4.79 Å². The molecule has 132 valence electrons. The van der Waals surface area contributed by atoms with Gasteiger partial charge >= 0.3 is 5.97 Å². The number of aromatic nitrogens is 1. The van der Waals surface area contributed by atoms with Crippen molar-refractivity contribution >= 4 is 23.2 Å². The Morgan fingerprint density at radius 1 is 1.20 bits per heavy atom. The maximum Gasteiger partial charge on any atom is 0.355 e. The van der Waals surface area contributed by atoms with Crippen LogP contribution >= 0.6 is 11.3 Å². The van der Waals surface area contributed by atoms with Gasteiger partial charge in [-0.15, -0.1) is 11.3 Å². The van der Waals surface area contributed by atoms with Crippen molar-refractivity contribution in [1.29, 1.82) is 0 Å². The molecule has 1 aliphatic rings. The number of amides is 1. The third-order valence-corrected chi connectivity index (χ3v) is 5.56. The zero-order valence-electron chi connectivity index (χ0n) is 13.6. The van der Waals surface area contributed by atoms with Crippen LogP contribution in [0.25, 0.3) is 0 Å². The van der Waals surface area contributed by atoms with Crippen molar-refractivity contribution in [2.24, 2.45) is 0 Å². The van der Waals surface area contributed by atoms with Gasteiger partial charge in [-0.1, -0.05) is 31.4 Å². The second kappa shape index (κ2) is 7.31. The summed E-state index contributed by atoms with van der Waals surface area (Å²) in [6.07, 6.45) is 4.44. The Kier molecular flexibility index (Phi) is 5.13. The van der Waals surface area contributed by atoms with E-state index in [2.05, 4.69) is 10.3 Å². The molecule has 1 amide bonds. The third kappa shape index (κ3) is 3.71.